The second-order valence-corrected chi connectivity index (χ2v) is 5.93. The van der Waals surface area contributed by atoms with E-state index in [2.05, 4.69) is 15.0 Å². The number of fused-ring (bicyclic) bond motifs is 2. The average molecular weight is 307 g/mol. The molecule has 2 saturated heterocycles. The minimum Gasteiger partial charge on any atom is -0.386 e. The summed E-state index contributed by atoms with van der Waals surface area (Å²) in [5.41, 5.74) is 6.77. The lowest BCUT2D eigenvalue weighted by molar-refractivity contribution is -0.300. The van der Waals surface area contributed by atoms with Crippen molar-refractivity contribution >= 4 is 17.0 Å². The van der Waals surface area contributed by atoms with Crippen molar-refractivity contribution in [2.24, 2.45) is 0 Å². The molecular weight excluding hydrogens is 290 g/mol. The van der Waals surface area contributed by atoms with Gasteiger partial charge in [0.25, 0.3) is 0 Å². The Morgan fingerprint density at radius 3 is 3.00 bits per heavy atom. The van der Waals surface area contributed by atoms with E-state index >= 15 is 0 Å². The molecule has 0 aliphatic carbocycles. The van der Waals surface area contributed by atoms with Gasteiger partial charge in [0, 0.05) is 0 Å². The summed E-state index contributed by atoms with van der Waals surface area (Å²) >= 11 is 0. The Balaban J connectivity index is 1.70. The molecule has 2 aromatic heterocycles. The summed E-state index contributed by atoms with van der Waals surface area (Å²) in [7, 11) is 0. The summed E-state index contributed by atoms with van der Waals surface area (Å²) in [5.74, 6) is -0.460. The van der Waals surface area contributed by atoms with E-state index in [4.69, 9.17) is 19.9 Å². The lowest BCUT2D eigenvalue weighted by Crippen LogP contribution is -2.50. The van der Waals surface area contributed by atoms with Gasteiger partial charge >= 0.3 is 0 Å². The van der Waals surface area contributed by atoms with E-state index in [1.54, 1.807) is 4.57 Å². The molecule has 0 aromatic carbocycles. The summed E-state index contributed by atoms with van der Waals surface area (Å²) in [6.07, 6.45) is 0.559. The number of aliphatic hydroxyl groups excluding tert-OH is 1. The van der Waals surface area contributed by atoms with Gasteiger partial charge in [-0.15, -0.1) is 0 Å². The van der Waals surface area contributed by atoms with Crippen molar-refractivity contribution in [3.8, 4) is 0 Å². The largest absolute Gasteiger partial charge is 0.386 e. The topological polar surface area (TPSA) is 118 Å². The minimum absolute atomic E-state index is 0.286. The van der Waals surface area contributed by atoms with Crippen LogP contribution >= 0.6 is 0 Å². The molecule has 2 aromatic rings. The van der Waals surface area contributed by atoms with Gasteiger partial charge in [0.05, 0.1) is 12.9 Å². The van der Waals surface area contributed by atoms with Crippen LogP contribution in [-0.2, 0) is 14.2 Å². The lowest BCUT2D eigenvalue weighted by atomic mass is 10.1. The molecule has 4 rings (SSSR count). The zero-order valence-corrected chi connectivity index (χ0v) is 12.2. The fourth-order valence-corrected chi connectivity index (χ4v) is 2.93. The van der Waals surface area contributed by atoms with Crippen LogP contribution in [0.25, 0.3) is 11.2 Å². The van der Waals surface area contributed by atoms with Crippen molar-refractivity contribution in [2.45, 2.75) is 44.2 Å². The molecule has 3 N–H and O–H groups in total. The highest BCUT2D eigenvalue weighted by Gasteiger charge is 2.51. The first-order valence-corrected chi connectivity index (χ1v) is 7.04. The van der Waals surface area contributed by atoms with E-state index in [1.165, 1.54) is 12.7 Å². The number of imidazole rings is 1. The molecule has 0 amide bonds. The van der Waals surface area contributed by atoms with Gasteiger partial charge in [-0.1, -0.05) is 0 Å². The summed E-state index contributed by atoms with van der Waals surface area (Å²) in [5, 5.41) is 10.6. The van der Waals surface area contributed by atoms with Crippen LogP contribution in [0.2, 0.25) is 0 Å². The molecule has 2 aliphatic rings. The van der Waals surface area contributed by atoms with Crippen LogP contribution in [0, 0.1) is 0 Å². The van der Waals surface area contributed by atoms with Crippen LogP contribution in [-0.4, -0.2) is 55.3 Å². The van der Waals surface area contributed by atoms with Crippen molar-refractivity contribution in [1.29, 1.82) is 0 Å². The van der Waals surface area contributed by atoms with Gasteiger partial charge < -0.3 is 25.1 Å². The molecular formula is C13H17N5O4. The smallest absolute Gasteiger partial charge is 0.167 e. The van der Waals surface area contributed by atoms with E-state index in [0.717, 1.165) is 0 Å². The molecule has 0 saturated carbocycles. The van der Waals surface area contributed by atoms with Crippen LogP contribution in [0.3, 0.4) is 0 Å². The SMILES string of the molecule is CC1(C)OC[C@@H]2O[C@@H](n3cnc4c(N)ncnc43)[C@@H](O)[C@@H]2O1. The zero-order valence-electron chi connectivity index (χ0n) is 12.2. The third kappa shape index (κ3) is 1.97. The normalized spacial score (nSPS) is 34.0. The van der Waals surface area contributed by atoms with Gasteiger partial charge in [-0.2, -0.15) is 0 Å². The summed E-state index contributed by atoms with van der Waals surface area (Å²) in [4.78, 5) is 12.3. The molecule has 2 aliphatic heterocycles. The fraction of sp³-hybridized carbons (Fsp3) is 0.615. The van der Waals surface area contributed by atoms with Crippen LogP contribution in [0.5, 0.6) is 0 Å². The number of nitrogens with two attached hydrogens (primary N) is 1. The average Bonchev–Trinajstić information content (AvgIpc) is 3.01. The number of anilines is 1. The second-order valence-electron chi connectivity index (χ2n) is 5.93. The zero-order chi connectivity index (χ0) is 15.5. The first-order chi connectivity index (χ1) is 10.5. The number of nitrogens with zero attached hydrogens (tertiary/aromatic N) is 4. The molecule has 118 valence electrons. The highest BCUT2D eigenvalue weighted by atomic mass is 16.7. The first kappa shape index (κ1) is 13.8. The minimum atomic E-state index is -0.859. The molecule has 0 unspecified atom stereocenters. The number of nitrogen functional groups attached to an aromatic ring is 1. The molecule has 4 heterocycles. The quantitative estimate of drug-likeness (QED) is 0.745. The van der Waals surface area contributed by atoms with Crippen molar-refractivity contribution in [3.05, 3.63) is 12.7 Å². The van der Waals surface area contributed by atoms with Gasteiger partial charge in [0.2, 0.25) is 0 Å². The Morgan fingerprint density at radius 2 is 2.18 bits per heavy atom. The van der Waals surface area contributed by atoms with Gasteiger partial charge in [-0.25, -0.2) is 15.0 Å². The van der Waals surface area contributed by atoms with Crippen LogP contribution < -0.4 is 5.73 Å². The van der Waals surface area contributed by atoms with Crippen molar-refractivity contribution in [3.63, 3.8) is 0 Å². The van der Waals surface area contributed by atoms with E-state index in [9.17, 15) is 5.11 Å². The maximum Gasteiger partial charge on any atom is 0.167 e. The van der Waals surface area contributed by atoms with Crippen LogP contribution in [0.4, 0.5) is 5.82 Å². The van der Waals surface area contributed by atoms with Gasteiger partial charge in [0.1, 0.15) is 30.2 Å². The molecule has 9 heteroatoms. The lowest BCUT2D eigenvalue weighted by Gasteiger charge is -2.37. The van der Waals surface area contributed by atoms with Crippen molar-refractivity contribution < 1.29 is 19.3 Å². The third-order valence-electron chi connectivity index (χ3n) is 3.99. The summed E-state index contributed by atoms with van der Waals surface area (Å²) in [6.45, 7) is 3.97. The van der Waals surface area contributed by atoms with Gasteiger partial charge in [-0.3, -0.25) is 4.57 Å². The molecule has 2 fully saturated rings. The number of hydrogen-bond acceptors (Lipinski definition) is 8. The number of aliphatic hydroxyl groups is 1. The third-order valence-corrected chi connectivity index (χ3v) is 3.99. The maximum absolute atomic E-state index is 10.6. The first-order valence-electron chi connectivity index (χ1n) is 7.04. The Kier molecular flexibility index (Phi) is 2.89. The predicted octanol–water partition coefficient (Wildman–Crippen LogP) is -0.182. The Morgan fingerprint density at radius 1 is 1.36 bits per heavy atom. The molecule has 22 heavy (non-hydrogen) atoms. The molecule has 0 radical (unpaired) electrons. The van der Waals surface area contributed by atoms with Gasteiger partial charge in [-0.05, 0) is 13.8 Å². The Hall–Kier alpha value is -1.81. The van der Waals surface area contributed by atoms with Gasteiger partial charge in [0.15, 0.2) is 23.5 Å². The van der Waals surface area contributed by atoms with Crippen LogP contribution in [0.1, 0.15) is 20.1 Å². The summed E-state index contributed by atoms with van der Waals surface area (Å²) < 4.78 is 18.9. The number of ether oxygens (including phenoxy) is 3. The van der Waals surface area contributed by atoms with Crippen molar-refractivity contribution in [1.82, 2.24) is 19.5 Å². The van der Waals surface area contributed by atoms with E-state index < -0.39 is 24.2 Å². The Labute approximate surface area is 126 Å². The maximum atomic E-state index is 10.6. The summed E-state index contributed by atoms with van der Waals surface area (Å²) in [6, 6.07) is 0. The van der Waals surface area contributed by atoms with E-state index in [0.29, 0.717) is 17.8 Å². The number of aromatic nitrogens is 4. The number of rotatable bonds is 1. The number of hydrogen-bond donors (Lipinski definition) is 2. The monoisotopic (exact) mass is 307 g/mol. The van der Waals surface area contributed by atoms with E-state index in [-0.39, 0.29) is 11.9 Å². The predicted molar refractivity (Wildman–Crippen MR) is 74.6 cm³/mol. The molecule has 9 nitrogen and oxygen atoms in total. The van der Waals surface area contributed by atoms with E-state index in [1.807, 2.05) is 13.8 Å². The standard InChI is InChI=1S/C13H17N5O4/c1-13(2)20-3-6-9(22-13)8(19)12(21-6)18-5-17-7-10(14)15-4-16-11(7)18/h4-6,8-9,12,19H,3H2,1-2H3,(H2,14,15,16)/t6-,8-,9+,12+/m0/s1. The highest BCUT2D eigenvalue weighted by Crippen LogP contribution is 2.38. The van der Waals surface area contributed by atoms with Crippen LogP contribution in [0.15, 0.2) is 12.7 Å². The second kappa shape index (κ2) is 4.59. The molecule has 0 bridgehead atoms. The van der Waals surface area contributed by atoms with Crippen molar-refractivity contribution in [2.75, 3.05) is 12.3 Å². The fourth-order valence-electron chi connectivity index (χ4n) is 2.93. The Bertz CT molecular complexity index is 718. The molecule has 4 atom stereocenters. The highest BCUT2D eigenvalue weighted by molar-refractivity contribution is 5.81. The molecule has 0 spiro atoms.